The van der Waals surface area contributed by atoms with Crippen LogP contribution in [0.5, 0.6) is 0 Å². The minimum atomic E-state index is 0.180. The third kappa shape index (κ3) is 3.21. The molecule has 1 aliphatic carbocycles. The molecule has 17 heavy (non-hydrogen) atoms. The van der Waals surface area contributed by atoms with Gasteiger partial charge in [0.15, 0.2) is 0 Å². The lowest BCUT2D eigenvalue weighted by Crippen LogP contribution is -2.30. The van der Waals surface area contributed by atoms with Crippen molar-refractivity contribution in [1.29, 1.82) is 0 Å². The zero-order valence-electron chi connectivity index (χ0n) is 9.67. The molecule has 1 saturated carbocycles. The Bertz CT molecular complexity index is 406. The van der Waals surface area contributed by atoms with Gasteiger partial charge >= 0.3 is 0 Å². The highest BCUT2D eigenvalue weighted by molar-refractivity contribution is 7.80. The van der Waals surface area contributed by atoms with E-state index in [-0.39, 0.29) is 6.61 Å². The molecule has 4 nitrogen and oxygen atoms in total. The van der Waals surface area contributed by atoms with E-state index in [1.54, 1.807) is 6.20 Å². The minimum Gasteiger partial charge on any atom is -0.395 e. The standard InChI is InChI=1S/C12H17N3OS/c13-12(17)11-9(2-1-5-14-11)8-15(6-7-16)10-3-4-10/h1-2,5,10,16H,3-4,6-8H2,(H2,13,17). The topological polar surface area (TPSA) is 62.4 Å². The number of thiocarbonyl (C=S) groups is 1. The smallest absolute Gasteiger partial charge is 0.123 e. The van der Waals surface area contributed by atoms with Gasteiger partial charge in [0.2, 0.25) is 0 Å². The van der Waals surface area contributed by atoms with E-state index in [0.717, 1.165) is 12.1 Å². The van der Waals surface area contributed by atoms with Gasteiger partial charge in [-0.25, -0.2) is 0 Å². The minimum absolute atomic E-state index is 0.180. The van der Waals surface area contributed by atoms with E-state index in [2.05, 4.69) is 9.88 Å². The van der Waals surface area contributed by atoms with Crippen LogP contribution in [0.25, 0.3) is 0 Å². The molecule has 1 aromatic rings. The van der Waals surface area contributed by atoms with E-state index in [1.165, 1.54) is 12.8 Å². The Balaban J connectivity index is 2.13. The average molecular weight is 251 g/mol. The van der Waals surface area contributed by atoms with Crippen molar-refractivity contribution >= 4 is 17.2 Å². The molecule has 1 fully saturated rings. The van der Waals surface area contributed by atoms with Crippen LogP contribution in [-0.2, 0) is 6.54 Å². The highest BCUT2D eigenvalue weighted by atomic mass is 32.1. The number of hydrogen-bond acceptors (Lipinski definition) is 4. The Morgan fingerprint density at radius 1 is 1.59 bits per heavy atom. The van der Waals surface area contributed by atoms with Crippen molar-refractivity contribution in [2.75, 3.05) is 13.2 Å². The molecule has 0 amide bonds. The summed E-state index contributed by atoms with van der Waals surface area (Å²) in [4.78, 5) is 6.81. The van der Waals surface area contributed by atoms with Gasteiger partial charge in [-0.05, 0) is 24.5 Å². The van der Waals surface area contributed by atoms with Gasteiger partial charge in [-0.1, -0.05) is 18.3 Å². The fourth-order valence-corrected chi connectivity index (χ4v) is 2.15. The van der Waals surface area contributed by atoms with Gasteiger partial charge in [0.1, 0.15) is 10.7 Å². The number of nitrogens with two attached hydrogens (primary N) is 1. The maximum atomic E-state index is 9.06. The molecule has 1 heterocycles. The number of aromatic nitrogens is 1. The Kier molecular flexibility index (Phi) is 4.04. The summed E-state index contributed by atoms with van der Waals surface area (Å²) >= 11 is 5.00. The molecule has 92 valence electrons. The summed E-state index contributed by atoms with van der Waals surface area (Å²) in [5.74, 6) is 0. The first kappa shape index (κ1) is 12.4. The first-order valence-corrected chi connectivity index (χ1v) is 6.22. The lowest BCUT2D eigenvalue weighted by molar-refractivity contribution is 0.183. The molecule has 0 saturated heterocycles. The highest BCUT2D eigenvalue weighted by Gasteiger charge is 2.29. The van der Waals surface area contributed by atoms with Crippen LogP contribution in [0, 0.1) is 0 Å². The van der Waals surface area contributed by atoms with Crippen LogP contribution >= 0.6 is 12.2 Å². The Morgan fingerprint density at radius 3 is 2.94 bits per heavy atom. The van der Waals surface area contributed by atoms with E-state index in [4.69, 9.17) is 23.1 Å². The van der Waals surface area contributed by atoms with E-state index in [1.807, 2.05) is 12.1 Å². The molecular weight excluding hydrogens is 234 g/mol. The maximum Gasteiger partial charge on any atom is 0.123 e. The fourth-order valence-electron chi connectivity index (χ4n) is 1.97. The molecule has 3 N–H and O–H groups in total. The second kappa shape index (κ2) is 5.53. The SMILES string of the molecule is NC(=S)c1ncccc1CN(CCO)C1CC1. The molecular formula is C12H17N3OS. The average Bonchev–Trinajstić information content (AvgIpc) is 3.13. The second-order valence-corrected chi connectivity index (χ2v) is 4.74. The van der Waals surface area contributed by atoms with Crippen molar-refractivity contribution in [2.24, 2.45) is 5.73 Å². The van der Waals surface area contributed by atoms with E-state index in [9.17, 15) is 0 Å². The number of rotatable bonds is 6. The van der Waals surface area contributed by atoms with Gasteiger partial charge in [-0.3, -0.25) is 9.88 Å². The maximum absolute atomic E-state index is 9.06. The van der Waals surface area contributed by atoms with Crippen molar-refractivity contribution in [3.63, 3.8) is 0 Å². The number of nitrogens with zero attached hydrogens (tertiary/aromatic N) is 2. The molecule has 1 aromatic heterocycles. The lowest BCUT2D eigenvalue weighted by Gasteiger charge is -2.21. The summed E-state index contributed by atoms with van der Waals surface area (Å²) in [6.07, 6.45) is 4.12. The number of aliphatic hydroxyl groups excluding tert-OH is 1. The summed E-state index contributed by atoms with van der Waals surface area (Å²) < 4.78 is 0. The number of pyridine rings is 1. The third-order valence-electron chi connectivity index (χ3n) is 2.95. The van der Waals surface area contributed by atoms with Crippen molar-refractivity contribution in [3.8, 4) is 0 Å². The summed E-state index contributed by atoms with van der Waals surface area (Å²) in [6, 6.07) is 4.48. The van der Waals surface area contributed by atoms with Crippen molar-refractivity contribution in [1.82, 2.24) is 9.88 Å². The monoisotopic (exact) mass is 251 g/mol. The van der Waals surface area contributed by atoms with Crippen molar-refractivity contribution in [3.05, 3.63) is 29.6 Å². The first-order valence-electron chi connectivity index (χ1n) is 5.81. The third-order valence-corrected chi connectivity index (χ3v) is 3.14. The molecule has 2 rings (SSSR count). The van der Waals surface area contributed by atoms with Crippen molar-refractivity contribution in [2.45, 2.75) is 25.4 Å². The zero-order valence-corrected chi connectivity index (χ0v) is 10.5. The van der Waals surface area contributed by atoms with Gasteiger partial charge in [0.25, 0.3) is 0 Å². The Labute approximate surface area is 106 Å². The van der Waals surface area contributed by atoms with Gasteiger partial charge < -0.3 is 10.8 Å². The number of hydrogen-bond donors (Lipinski definition) is 2. The summed E-state index contributed by atoms with van der Waals surface area (Å²) in [5, 5.41) is 9.06. The molecule has 0 aromatic carbocycles. The zero-order chi connectivity index (χ0) is 12.3. The molecule has 0 unspecified atom stereocenters. The van der Waals surface area contributed by atoms with Crippen LogP contribution < -0.4 is 5.73 Å². The van der Waals surface area contributed by atoms with E-state index >= 15 is 0 Å². The predicted molar refractivity (Wildman–Crippen MR) is 70.6 cm³/mol. The fraction of sp³-hybridized carbons (Fsp3) is 0.500. The molecule has 0 bridgehead atoms. The van der Waals surface area contributed by atoms with Crippen LogP contribution in [0.15, 0.2) is 18.3 Å². The Hall–Kier alpha value is -1.04. The van der Waals surface area contributed by atoms with Gasteiger partial charge in [-0.15, -0.1) is 0 Å². The van der Waals surface area contributed by atoms with Crippen molar-refractivity contribution < 1.29 is 5.11 Å². The van der Waals surface area contributed by atoms with Crippen LogP contribution in [0.1, 0.15) is 24.1 Å². The highest BCUT2D eigenvalue weighted by Crippen LogP contribution is 2.28. The molecule has 0 aliphatic heterocycles. The Morgan fingerprint density at radius 2 is 2.35 bits per heavy atom. The normalized spacial score (nSPS) is 15.2. The second-order valence-electron chi connectivity index (χ2n) is 4.30. The summed E-state index contributed by atoms with van der Waals surface area (Å²) in [5.41, 5.74) is 7.40. The molecule has 0 spiro atoms. The van der Waals surface area contributed by atoms with Gasteiger partial charge in [0, 0.05) is 25.3 Å². The largest absolute Gasteiger partial charge is 0.395 e. The predicted octanol–water partition coefficient (Wildman–Crippen LogP) is 0.672. The molecule has 5 heteroatoms. The molecule has 0 radical (unpaired) electrons. The van der Waals surface area contributed by atoms with Gasteiger partial charge in [-0.2, -0.15) is 0 Å². The summed E-state index contributed by atoms with van der Waals surface area (Å²) in [7, 11) is 0. The van der Waals surface area contributed by atoms with Crippen LogP contribution in [0.4, 0.5) is 0 Å². The molecule has 0 atom stereocenters. The van der Waals surface area contributed by atoms with Crippen LogP contribution in [0.2, 0.25) is 0 Å². The van der Waals surface area contributed by atoms with E-state index in [0.29, 0.717) is 23.3 Å². The van der Waals surface area contributed by atoms with Gasteiger partial charge in [0.05, 0.1) is 6.61 Å². The molecule has 1 aliphatic rings. The quantitative estimate of drug-likeness (QED) is 0.728. The van der Waals surface area contributed by atoms with Crippen LogP contribution in [-0.4, -0.2) is 39.2 Å². The summed E-state index contributed by atoms with van der Waals surface area (Å²) in [6.45, 7) is 1.63. The van der Waals surface area contributed by atoms with E-state index < -0.39 is 0 Å². The lowest BCUT2D eigenvalue weighted by atomic mass is 10.1. The first-order chi connectivity index (χ1) is 8.22. The number of aliphatic hydroxyl groups is 1. The van der Waals surface area contributed by atoms with Crippen LogP contribution in [0.3, 0.4) is 0 Å².